The van der Waals surface area contributed by atoms with Gasteiger partial charge in [-0.3, -0.25) is 0 Å². The monoisotopic (exact) mass is 336 g/mol. The van der Waals surface area contributed by atoms with Crippen molar-refractivity contribution in [2.24, 2.45) is 0 Å². The third kappa shape index (κ3) is 2.36. The largest absolute Gasteiger partial charge is 0.495 e. The summed E-state index contributed by atoms with van der Waals surface area (Å²) in [6.45, 7) is 10.5. The molecule has 2 nitrogen and oxygen atoms in total. The summed E-state index contributed by atoms with van der Waals surface area (Å²) >= 11 is 3.71. The highest BCUT2D eigenvalue weighted by molar-refractivity contribution is 9.10. The lowest BCUT2D eigenvalue weighted by Crippen LogP contribution is -2.41. The van der Waals surface area contributed by atoms with Crippen molar-refractivity contribution in [3.63, 3.8) is 0 Å². The highest BCUT2D eigenvalue weighted by Gasteiger charge is 2.52. The summed E-state index contributed by atoms with van der Waals surface area (Å²) in [5.74, 6) is 0.746. The van der Waals surface area contributed by atoms with Crippen LogP contribution in [-0.2, 0) is 9.31 Å². The van der Waals surface area contributed by atoms with Crippen molar-refractivity contribution in [1.82, 2.24) is 0 Å². The Kier molecular flexibility index (Phi) is 3.35. The van der Waals surface area contributed by atoms with Gasteiger partial charge in [-0.25, -0.2) is 0 Å². The maximum Gasteiger partial charge on any atom is 0.495 e. The highest BCUT2D eigenvalue weighted by atomic mass is 79.9. The van der Waals surface area contributed by atoms with Crippen molar-refractivity contribution in [2.75, 3.05) is 0 Å². The van der Waals surface area contributed by atoms with Crippen molar-refractivity contribution >= 4 is 28.5 Å². The fraction of sp³-hybridized carbons (Fsp3) is 0.625. The molecule has 0 aromatic heterocycles. The Morgan fingerprint density at radius 1 is 1.10 bits per heavy atom. The molecule has 1 saturated heterocycles. The van der Waals surface area contributed by atoms with Gasteiger partial charge in [0.1, 0.15) is 0 Å². The Morgan fingerprint density at radius 3 is 2.15 bits per heavy atom. The smallest absolute Gasteiger partial charge is 0.399 e. The average Bonchev–Trinajstić information content (AvgIpc) is 3.10. The number of benzene rings is 1. The van der Waals surface area contributed by atoms with Crippen molar-refractivity contribution in [2.45, 2.75) is 64.6 Å². The number of halogens is 1. The van der Waals surface area contributed by atoms with Crippen LogP contribution < -0.4 is 5.46 Å². The van der Waals surface area contributed by atoms with Crippen molar-refractivity contribution in [3.8, 4) is 0 Å². The summed E-state index contributed by atoms with van der Waals surface area (Å²) in [6.07, 6.45) is 2.63. The predicted molar refractivity (Wildman–Crippen MR) is 86.6 cm³/mol. The molecule has 0 radical (unpaired) electrons. The molecule has 1 aromatic rings. The van der Waals surface area contributed by atoms with Crippen LogP contribution in [0.15, 0.2) is 16.6 Å². The molecule has 2 fully saturated rings. The van der Waals surface area contributed by atoms with E-state index in [-0.39, 0.29) is 18.3 Å². The van der Waals surface area contributed by atoms with E-state index in [2.05, 4.69) is 62.7 Å². The molecule has 1 aromatic carbocycles. The molecule has 1 saturated carbocycles. The quantitative estimate of drug-likeness (QED) is 0.762. The van der Waals surface area contributed by atoms with Crippen LogP contribution in [0.2, 0.25) is 0 Å². The topological polar surface area (TPSA) is 18.5 Å². The first kappa shape index (κ1) is 14.6. The Balaban J connectivity index is 1.94. The minimum atomic E-state index is -0.286. The molecular formula is C16H22BBrO2. The van der Waals surface area contributed by atoms with Crippen LogP contribution in [0.5, 0.6) is 0 Å². The van der Waals surface area contributed by atoms with Crippen molar-refractivity contribution < 1.29 is 9.31 Å². The second-order valence-corrected chi connectivity index (χ2v) is 7.95. The van der Waals surface area contributed by atoms with E-state index in [1.165, 1.54) is 28.4 Å². The second-order valence-electron chi connectivity index (χ2n) is 7.09. The molecule has 3 rings (SSSR count). The second kappa shape index (κ2) is 4.59. The van der Waals surface area contributed by atoms with Crippen LogP contribution in [0, 0.1) is 6.92 Å². The van der Waals surface area contributed by atoms with Gasteiger partial charge in [0.15, 0.2) is 0 Å². The molecule has 0 atom stereocenters. The standard InChI is InChI=1S/C16H22BBrO2/c1-10-8-12(11-6-7-11)14(18)9-13(10)17-19-15(2,3)16(4,5)20-17/h8-9,11H,6-7H2,1-5H3. The maximum absolute atomic E-state index is 6.16. The normalized spacial score (nSPS) is 24.2. The first-order valence-electron chi connectivity index (χ1n) is 7.37. The Labute approximate surface area is 130 Å². The molecule has 0 bridgehead atoms. The Bertz CT molecular complexity index is 534. The molecule has 0 N–H and O–H groups in total. The number of rotatable bonds is 2. The number of hydrogen-bond donors (Lipinski definition) is 0. The average molecular weight is 337 g/mol. The fourth-order valence-electron chi connectivity index (χ4n) is 2.65. The SMILES string of the molecule is Cc1cc(C2CC2)c(Br)cc1B1OC(C)(C)C(C)(C)O1. The lowest BCUT2D eigenvalue weighted by molar-refractivity contribution is 0.00578. The first-order valence-corrected chi connectivity index (χ1v) is 8.16. The van der Waals surface area contributed by atoms with Crippen molar-refractivity contribution in [3.05, 3.63) is 27.7 Å². The molecular weight excluding hydrogens is 315 g/mol. The molecule has 1 heterocycles. The molecule has 4 heteroatoms. The summed E-state index contributed by atoms with van der Waals surface area (Å²) < 4.78 is 13.5. The zero-order valence-electron chi connectivity index (χ0n) is 12.9. The minimum absolute atomic E-state index is 0.274. The summed E-state index contributed by atoms with van der Waals surface area (Å²) in [4.78, 5) is 0. The van der Waals surface area contributed by atoms with E-state index >= 15 is 0 Å². The minimum Gasteiger partial charge on any atom is -0.399 e. The number of hydrogen-bond acceptors (Lipinski definition) is 2. The Morgan fingerprint density at radius 2 is 1.65 bits per heavy atom. The fourth-order valence-corrected chi connectivity index (χ4v) is 3.34. The van der Waals surface area contributed by atoms with Gasteiger partial charge in [-0.2, -0.15) is 0 Å². The van der Waals surface area contributed by atoms with Gasteiger partial charge in [0, 0.05) is 4.47 Å². The van der Waals surface area contributed by atoms with E-state index in [0.717, 1.165) is 11.4 Å². The van der Waals surface area contributed by atoms with E-state index < -0.39 is 0 Å². The maximum atomic E-state index is 6.16. The Hall–Kier alpha value is -0.315. The third-order valence-electron chi connectivity index (χ3n) is 4.91. The molecule has 108 valence electrons. The summed E-state index contributed by atoms with van der Waals surface area (Å²) in [6, 6.07) is 4.48. The lowest BCUT2D eigenvalue weighted by Gasteiger charge is -2.32. The van der Waals surface area contributed by atoms with Crippen LogP contribution in [0.1, 0.15) is 57.6 Å². The molecule has 20 heavy (non-hydrogen) atoms. The van der Waals surface area contributed by atoms with Gasteiger partial charge in [-0.05, 0) is 70.5 Å². The number of aryl methyl sites for hydroxylation is 1. The molecule has 0 unspecified atom stereocenters. The third-order valence-corrected chi connectivity index (χ3v) is 5.60. The van der Waals surface area contributed by atoms with Gasteiger partial charge in [0.2, 0.25) is 0 Å². The van der Waals surface area contributed by atoms with E-state index in [0.29, 0.717) is 0 Å². The van der Waals surface area contributed by atoms with Gasteiger partial charge in [-0.15, -0.1) is 0 Å². The van der Waals surface area contributed by atoms with Gasteiger partial charge < -0.3 is 9.31 Å². The first-order chi connectivity index (χ1) is 9.21. The summed E-state index contributed by atoms with van der Waals surface area (Å²) in [7, 11) is -0.274. The predicted octanol–water partition coefficient (Wildman–Crippen LogP) is 3.93. The summed E-state index contributed by atoms with van der Waals surface area (Å²) in [5.41, 5.74) is 3.26. The van der Waals surface area contributed by atoms with Crippen LogP contribution in [0.4, 0.5) is 0 Å². The van der Waals surface area contributed by atoms with Gasteiger partial charge >= 0.3 is 7.12 Å². The van der Waals surface area contributed by atoms with E-state index in [1.54, 1.807) is 0 Å². The molecule has 0 amide bonds. The molecule has 1 aliphatic heterocycles. The zero-order chi connectivity index (χ0) is 14.7. The van der Waals surface area contributed by atoms with Crippen LogP contribution >= 0.6 is 15.9 Å². The van der Waals surface area contributed by atoms with Crippen molar-refractivity contribution in [1.29, 1.82) is 0 Å². The molecule has 1 aliphatic carbocycles. The van der Waals surface area contributed by atoms with Gasteiger partial charge in [0.25, 0.3) is 0 Å². The molecule has 0 spiro atoms. The summed E-state index contributed by atoms with van der Waals surface area (Å²) in [5, 5.41) is 0. The van der Waals surface area contributed by atoms with Gasteiger partial charge in [0.05, 0.1) is 11.2 Å². The van der Waals surface area contributed by atoms with E-state index in [1.807, 2.05) is 0 Å². The van der Waals surface area contributed by atoms with Crippen LogP contribution in [0.25, 0.3) is 0 Å². The highest BCUT2D eigenvalue weighted by Crippen LogP contribution is 2.44. The van der Waals surface area contributed by atoms with Gasteiger partial charge in [-0.1, -0.05) is 27.6 Å². The van der Waals surface area contributed by atoms with E-state index in [4.69, 9.17) is 9.31 Å². The van der Waals surface area contributed by atoms with E-state index in [9.17, 15) is 0 Å². The lowest BCUT2D eigenvalue weighted by atomic mass is 9.75. The molecule has 2 aliphatic rings. The van der Waals surface area contributed by atoms with Crippen LogP contribution in [-0.4, -0.2) is 18.3 Å². The zero-order valence-corrected chi connectivity index (χ0v) is 14.5. The van der Waals surface area contributed by atoms with Crippen LogP contribution in [0.3, 0.4) is 0 Å².